The van der Waals surface area contributed by atoms with E-state index in [1.165, 1.54) is 18.2 Å². The lowest BCUT2D eigenvalue weighted by Crippen LogP contribution is -2.20. The van der Waals surface area contributed by atoms with Gasteiger partial charge in [-0.05, 0) is 42.5 Å². The lowest BCUT2D eigenvalue weighted by Gasteiger charge is -2.10. The molecule has 0 spiro atoms. The summed E-state index contributed by atoms with van der Waals surface area (Å²) in [6, 6.07) is 22.1. The summed E-state index contributed by atoms with van der Waals surface area (Å²) in [4.78, 5) is 12.1. The molecule has 0 saturated heterocycles. The first-order valence-electron chi connectivity index (χ1n) is 8.85. The number of benzene rings is 3. The van der Waals surface area contributed by atoms with E-state index in [0.29, 0.717) is 22.9 Å². The zero-order valence-corrected chi connectivity index (χ0v) is 15.2. The van der Waals surface area contributed by atoms with Gasteiger partial charge in [0.15, 0.2) is 6.61 Å². The molecule has 0 aliphatic rings. The number of para-hydroxylation sites is 1. The first kappa shape index (κ1) is 18.4. The van der Waals surface area contributed by atoms with Gasteiger partial charge in [0.05, 0.1) is 5.56 Å². The highest BCUT2D eigenvalue weighted by Gasteiger charge is 2.15. The number of carbonyl (C=O) groups excluding carboxylic acids is 1. The Labute approximate surface area is 166 Å². The largest absolute Gasteiger partial charge is 0.483 e. The minimum atomic E-state index is -0.431. The van der Waals surface area contributed by atoms with E-state index < -0.39 is 11.7 Å². The molecule has 0 fully saturated rings. The van der Waals surface area contributed by atoms with Crippen LogP contribution in [-0.2, 0) is 4.79 Å². The van der Waals surface area contributed by atoms with Gasteiger partial charge in [-0.15, -0.1) is 10.2 Å². The molecule has 4 rings (SSSR count). The molecule has 6 nitrogen and oxygen atoms in total. The molecule has 4 aromatic rings. The fraction of sp³-hybridized carbons (Fsp3) is 0.0455. The second-order valence-electron chi connectivity index (χ2n) is 6.12. The van der Waals surface area contributed by atoms with Crippen LogP contribution in [0.25, 0.3) is 22.9 Å². The Hall–Kier alpha value is -4.00. The molecule has 1 N–H and O–H groups in total. The second-order valence-corrected chi connectivity index (χ2v) is 6.12. The van der Waals surface area contributed by atoms with Gasteiger partial charge in [0, 0.05) is 11.3 Å². The molecule has 1 amide bonds. The van der Waals surface area contributed by atoms with E-state index in [1.807, 2.05) is 30.3 Å². The number of nitrogens with zero attached hydrogens (tertiary/aromatic N) is 2. The van der Waals surface area contributed by atoms with Crippen molar-refractivity contribution in [3.63, 3.8) is 0 Å². The highest BCUT2D eigenvalue weighted by molar-refractivity contribution is 5.91. The normalized spacial score (nSPS) is 10.5. The average Bonchev–Trinajstić information content (AvgIpc) is 3.23. The molecule has 0 unspecified atom stereocenters. The number of nitrogens with one attached hydrogen (secondary N) is 1. The maximum atomic E-state index is 13.2. The molecule has 0 saturated carbocycles. The van der Waals surface area contributed by atoms with Crippen molar-refractivity contribution < 1.29 is 18.3 Å². The monoisotopic (exact) mass is 389 g/mol. The van der Waals surface area contributed by atoms with Crippen molar-refractivity contribution in [3.05, 3.63) is 84.7 Å². The Morgan fingerprint density at radius 2 is 1.69 bits per heavy atom. The molecule has 0 aliphatic heterocycles. The second kappa shape index (κ2) is 8.35. The first-order chi connectivity index (χ1) is 14.2. The summed E-state index contributed by atoms with van der Waals surface area (Å²) in [6.45, 7) is -0.257. The molecule has 7 heteroatoms. The van der Waals surface area contributed by atoms with Crippen molar-refractivity contribution in [2.45, 2.75) is 0 Å². The Morgan fingerprint density at radius 1 is 0.931 bits per heavy atom. The summed E-state index contributed by atoms with van der Waals surface area (Å²) in [5, 5.41) is 10.7. The van der Waals surface area contributed by atoms with Crippen molar-refractivity contribution in [1.82, 2.24) is 10.2 Å². The zero-order valence-electron chi connectivity index (χ0n) is 15.2. The lowest BCUT2D eigenvalue weighted by molar-refractivity contribution is -0.118. The Kier molecular flexibility index (Phi) is 5.29. The van der Waals surface area contributed by atoms with Crippen LogP contribution in [0.3, 0.4) is 0 Å². The summed E-state index contributed by atoms with van der Waals surface area (Å²) >= 11 is 0. The highest BCUT2D eigenvalue weighted by atomic mass is 19.1. The molecule has 1 aromatic heterocycles. The van der Waals surface area contributed by atoms with Crippen molar-refractivity contribution in [2.75, 3.05) is 11.9 Å². The first-order valence-corrected chi connectivity index (χ1v) is 8.85. The third kappa shape index (κ3) is 4.47. The van der Waals surface area contributed by atoms with E-state index in [2.05, 4.69) is 15.5 Å². The summed E-state index contributed by atoms with van der Waals surface area (Å²) < 4.78 is 24.6. The van der Waals surface area contributed by atoms with Gasteiger partial charge in [-0.2, -0.15) is 0 Å². The number of amides is 1. The fourth-order valence-corrected chi connectivity index (χ4v) is 2.71. The average molecular weight is 389 g/mol. The van der Waals surface area contributed by atoms with Crippen LogP contribution in [-0.4, -0.2) is 22.7 Å². The van der Waals surface area contributed by atoms with Crippen LogP contribution in [0, 0.1) is 5.82 Å². The molecule has 29 heavy (non-hydrogen) atoms. The summed E-state index contributed by atoms with van der Waals surface area (Å²) in [5.74, 6) is 0.245. The van der Waals surface area contributed by atoms with Gasteiger partial charge >= 0.3 is 0 Å². The Bertz CT molecular complexity index is 1130. The minimum Gasteiger partial charge on any atom is -0.483 e. The van der Waals surface area contributed by atoms with E-state index in [4.69, 9.17) is 9.15 Å². The van der Waals surface area contributed by atoms with Crippen LogP contribution in [0.15, 0.2) is 83.3 Å². The molecule has 144 valence electrons. The topological polar surface area (TPSA) is 77.2 Å². The quantitative estimate of drug-likeness (QED) is 0.523. The van der Waals surface area contributed by atoms with Crippen molar-refractivity contribution in [2.24, 2.45) is 0 Å². The lowest BCUT2D eigenvalue weighted by atomic mass is 10.2. The molecular formula is C22H16FN3O3. The third-order valence-electron chi connectivity index (χ3n) is 4.03. The van der Waals surface area contributed by atoms with Crippen molar-refractivity contribution in [1.29, 1.82) is 0 Å². The Morgan fingerprint density at radius 3 is 2.52 bits per heavy atom. The van der Waals surface area contributed by atoms with Gasteiger partial charge in [-0.25, -0.2) is 4.39 Å². The minimum absolute atomic E-state index is 0.257. The SMILES string of the molecule is O=C(COc1ccccc1-c1nnc(-c2ccccc2)o1)Nc1cccc(F)c1. The number of carbonyl (C=O) groups is 1. The third-order valence-corrected chi connectivity index (χ3v) is 4.03. The van der Waals surface area contributed by atoms with Crippen molar-refractivity contribution in [3.8, 4) is 28.7 Å². The van der Waals surface area contributed by atoms with Crippen LogP contribution in [0.2, 0.25) is 0 Å². The van der Waals surface area contributed by atoms with Crippen molar-refractivity contribution >= 4 is 11.6 Å². The predicted molar refractivity (Wildman–Crippen MR) is 106 cm³/mol. The number of aromatic nitrogens is 2. The molecule has 0 bridgehead atoms. The Balaban J connectivity index is 1.47. The zero-order chi connectivity index (χ0) is 20.1. The summed E-state index contributed by atoms with van der Waals surface area (Å²) in [7, 11) is 0. The molecule has 0 atom stereocenters. The smallest absolute Gasteiger partial charge is 0.262 e. The van der Waals surface area contributed by atoms with Crippen LogP contribution >= 0.6 is 0 Å². The van der Waals surface area contributed by atoms with Crippen LogP contribution in [0.4, 0.5) is 10.1 Å². The van der Waals surface area contributed by atoms with E-state index in [1.54, 1.807) is 30.3 Å². The van der Waals surface area contributed by atoms with Gasteiger partial charge in [0.2, 0.25) is 5.89 Å². The maximum Gasteiger partial charge on any atom is 0.262 e. The van der Waals surface area contributed by atoms with Crippen LogP contribution < -0.4 is 10.1 Å². The van der Waals surface area contributed by atoms with E-state index in [-0.39, 0.29) is 12.5 Å². The number of hydrogen-bond acceptors (Lipinski definition) is 5. The van der Waals surface area contributed by atoms with E-state index >= 15 is 0 Å². The number of halogens is 1. The molecule has 0 radical (unpaired) electrons. The van der Waals surface area contributed by atoms with Gasteiger partial charge in [0.1, 0.15) is 11.6 Å². The van der Waals surface area contributed by atoms with Crippen LogP contribution in [0.1, 0.15) is 0 Å². The number of hydrogen-bond donors (Lipinski definition) is 1. The molecule has 3 aromatic carbocycles. The number of rotatable bonds is 6. The summed E-state index contributed by atoms with van der Waals surface area (Å²) in [6.07, 6.45) is 0. The maximum absolute atomic E-state index is 13.2. The van der Waals surface area contributed by atoms with Gasteiger partial charge in [-0.1, -0.05) is 36.4 Å². The fourth-order valence-electron chi connectivity index (χ4n) is 2.71. The van der Waals surface area contributed by atoms with E-state index in [9.17, 15) is 9.18 Å². The molecular weight excluding hydrogens is 373 g/mol. The van der Waals surface area contributed by atoms with E-state index in [0.717, 1.165) is 5.56 Å². The summed E-state index contributed by atoms with van der Waals surface area (Å²) in [5.41, 5.74) is 1.73. The van der Waals surface area contributed by atoms with Gasteiger partial charge in [0.25, 0.3) is 11.8 Å². The predicted octanol–water partition coefficient (Wildman–Crippen LogP) is 4.56. The van der Waals surface area contributed by atoms with Crippen LogP contribution in [0.5, 0.6) is 5.75 Å². The molecule has 0 aliphatic carbocycles. The standard InChI is InChI=1S/C22H16FN3O3/c23-16-9-6-10-17(13-16)24-20(27)14-28-19-12-5-4-11-18(19)22-26-25-21(29-22)15-7-2-1-3-8-15/h1-13H,14H2,(H,24,27). The van der Waals surface area contributed by atoms with Gasteiger partial charge < -0.3 is 14.5 Å². The number of ether oxygens (including phenoxy) is 1. The number of anilines is 1. The molecule has 1 heterocycles. The highest BCUT2D eigenvalue weighted by Crippen LogP contribution is 2.30. The van der Waals surface area contributed by atoms with Gasteiger partial charge in [-0.3, -0.25) is 4.79 Å².